The van der Waals surface area contributed by atoms with Gasteiger partial charge in [-0.3, -0.25) is 4.79 Å². The first kappa shape index (κ1) is 18.4. The van der Waals surface area contributed by atoms with Crippen molar-refractivity contribution in [2.24, 2.45) is 0 Å². The number of carbonyl (C=O) groups is 1. The van der Waals surface area contributed by atoms with Gasteiger partial charge in [-0.2, -0.15) is 13.2 Å². The molecule has 1 aromatic carbocycles. The van der Waals surface area contributed by atoms with Gasteiger partial charge in [0.15, 0.2) is 0 Å². The molecule has 5 nitrogen and oxygen atoms in total. The lowest BCUT2D eigenvalue weighted by atomic mass is 9.99. The average molecular weight is 386 g/mol. The molecule has 0 fully saturated rings. The van der Waals surface area contributed by atoms with Crippen LogP contribution in [0, 0.1) is 0 Å². The van der Waals surface area contributed by atoms with Gasteiger partial charge < -0.3 is 9.64 Å². The number of amides is 1. The molecule has 138 valence electrons. The molecule has 1 aliphatic heterocycles. The van der Waals surface area contributed by atoms with E-state index in [1.165, 1.54) is 17.3 Å². The van der Waals surface area contributed by atoms with Crippen LogP contribution >= 0.6 is 11.6 Å². The summed E-state index contributed by atoms with van der Waals surface area (Å²) < 4.78 is 43.1. The average Bonchev–Trinajstić information content (AvgIpc) is 2.82. The van der Waals surface area contributed by atoms with E-state index >= 15 is 0 Å². The molecule has 0 saturated heterocycles. The van der Waals surface area contributed by atoms with Crippen LogP contribution in [0.5, 0.6) is 11.8 Å². The van der Waals surface area contributed by atoms with E-state index in [0.29, 0.717) is 21.9 Å². The van der Waals surface area contributed by atoms with Crippen LogP contribution in [0.2, 0.25) is 5.02 Å². The molecule has 26 heavy (non-hydrogen) atoms. The zero-order valence-corrected chi connectivity index (χ0v) is 14.5. The van der Waals surface area contributed by atoms with Crippen molar-refractivity contribution in [2.75, 3.05) is 7.05 Å². The van der Waals surface area contributed by atoms with Gasteiger partial charge in [-0.15, -0.1) is 0 Å². The van der Waals surface area contributed by atoms with Gasteiger partial charge in [-0.05, 0) is 25.0 Å². The fraction of sp³-hybridized carbons (Fsp3) is 0.353. The first-order valence-electron chi connectivity index (χ1n) is 7.88. The Morgan fingerprint density at radius 3 is 2.62 bits per heavy atom. The second-order valence-corrected chi connectivity index (χ2v) is 6.38. The van der Waals surface area contributed by atoms with Crippen molar-refractivity contribution in [2.45, 2.75) is 31.5 Å². The predicted octanol–water partition coefficient (Wildman–Crippen LogP) is 4.78. The van der Waals surface area contributed by atoms with Crippen LogP contribution in [-0.2, 0) is 0 Å². The number of hydrogen-bond donors (Lipinski definition) is 0. The molecule has 1 amide bonds. The van der Waals surface area contributed by atoms with E-state index in [1.54, 1.807) is 25.2 Å². The molecule has 0 saturated carbocycles. The Balaban J connectivity index is 1.87. The van der Waals surface area contributed by atoms with Crippen LogP contribution in [0.15, 0.2) is 30.6 Å². The molecule has 1 unspecified atom stereocenters. The smallest absolute Gasteiger partial charge is 0.389 e. The number of benzene rings is 1. The highest BCUT2D eigenvalue weighted by Crippen LogP contribution is 2.43. The molecule has 0 spiro atoms. The third-order valence-corrected chi connectivity index (χ3v) is 4.35. The summed E-state index contributed by atoms with van der Waals surface area (Å²) >= 11 is 5.74. The lowest BCUT2D eigenvalue weighted by Crippen LogP contribution is -2.23. The molecule has 1 aliphatic rings. The number of rotatable bonds is 5. The molecule has 3 rings (SSSR count). The Labute approximate surface area is 152 Å². The standard InChI is InChI=1S/C17H15ClF3N3O2/c1-24-12(5-3-7-17(19,20)21)14-11(15(24)25)4-2-6-13(14)26-16-22-8-10(18)9-23-16/h2,4,6,8-9,12H,3,5,7H2,1H3. The van der Waals surface area contributed by atoms with Crippen molar-refractivity contribution in [3.8, 4) is 11.8 Å². The minimum Gasteiger partial charge on any atom is -0.424 e. The van der Waals surface area contributed by atoms with Crippen molar-refractivity contribution in [3.05, 3.63) is 46.7 Å². The minimum atomic E-state index is -4.23. The summed E-state index contributed by atoms with van der Waals surface area (Å²) in [7, 11) is 1.57. The van der Waals surface area contributed by atoms with E-state index in [4.69, 9.17) is 16.3 Å². The highest BCUT2D eigenvalue weighted by Gasteiger charge is 2.37. The van der Waals surface area contributed by atoms with E-state index in [9.17, 15) is 18.0 Å². The number of ether oxygens (including phenoxy) is 1. The molecule has 1 atom stereocenters. The second-order valence-electron chi connectivity index (χ2n) is 5.94. The maximum atomic E-state index is 12.5. The molecule has 1 aromatic heterocycles. The van der Waals surface area contributed by atoms with Gasteiger partial charge in [-0.1, -0.05) is 17.7 Å². The lowest BCUT2D eigenvalue weighted by Gasteiger charge is -2.22. The zero-order chi connectivity index (χ0) is 18.9. The second kappa shape index (κ2) is 7.11. The summed E-state index contributed by atoms with van der Waals surface area (Å²) in [6.45, 7) is 0. The van der Waals surface area contributed by atoms with Crippen LogP contribution in [0.4, 0.5) is 13.2 Å². The normalized spacial score (nSPS) is 16.7. The largest absolute Gasteiger partial charge is 0.424 e. The topological polar surface area (TPSA) is 55.3 Å². The molecular weight excluding hydrogens is 371 g/mol. The molecule has 0 aliphatic carbocycles. The first-order chi connectivity index (χ1) is 12.3. The predicted molar refractivity (Wildman–Crippen MR) is 88.3 cm³/mol. The molecule has 2 heterocycles. The number of alkyl halides is 3. The number of carbonyl (C=O) groups excluding carboxylic acids is 1. The Kier molecular flexibility index (Phi) is 5.04. The summed E-state index contributed by atoms with van der Waals surface area (Å²) in [4.78, 5) is 21.7. The van der Waals surface area contributed by atoms with Crippen molar-refractivity contribution >= 4 is 17.5 Å². The van der Waals surface area contributed by atoms with Gasteiger partial charge in [0.2, 0.25) is 0 Å². The number of halogens is 4. The van der Waals surface area contributed by atoms with Gasteiger partial charge in [0.1, 0.15) is 5.75 Å². The van der Waals surface area contributed by atoms with Crippen LogP contribution in [0.1, 0.15) is 41.2 Å². The zero-order valence-electron chi connectivity index (χ0n) is 13.8. The van der Waals surface area contributed by atoms with Crippen molar-refractivity contribution in [1.82, 2.24) is 14.9 Å². The van der Waals surface area contributed by atoms with Crippen molar-refractivity contribution in [1.29, 1.82) is 0 Å². The van der Waals surface area contributed by atoms with Crippen LogP contribution in [-0.4, -0.2) is 34.0 Å². The Morgan fingerprint density at radius 1 is 1.27 bits per heavy atom. The highest BCUT2D eigenvalue weighted by atomic mass is 35.5. The van der Waals surface area contributed by atoms with Crippen molar-refractivity contribution in [3.63, 3.8) is 0 Å². The van der Waals surface area contributed by atoms with Gasteiger partial charge in [0.25, 0.3) is 5.91 Å². The third kappa shape index (κ3) is 3.90. The molecule has 2 aromatic rings. The van der Waals surface area contributed by atoms with Gasteiger partial charge in [-0.25, -0.2) is 9.97 Å². The molecule has 9 heteroatoms. The van der Waals surface area contributed by atoms with Crippen LogP contribution in [0.3, 0.4) is 0 Å². The fourth-order valence-corrected chi connectivity index (χ4v) is 3.07. The Hall–Kier alpha value is -2.35. The van der Waals surface area contributed by atoms with Crippen LogP contribution < -0.4 is 4.74 Å². The monoisotopic (exact) mass is 385 g/mol. The van der Waals surface area contributed by atoms with E-state index in [1.807, 2.05) is 0 Å². The van der Waals surface area contributed by atoms with Gasteiger partial charge in [0, 0.05) is 24.6 Å². The van der Waals surface area contributed by atoms with E-state index in [2.05, 4.69) is 9.97 Å². The number of nitrogens with zero attached hydrogens (tertiary/aromatic N) is 3. The maximum absolute atomic E-state index is 12.5. The Morgan fingerprint density at radius 2 is 1.96 bits per heavy atom. The SMILES string of the molecule is CN1C(=O)c2cccc(Oc3ncc(Cl)cn3)c2C1CCCC(F)(F)F. The Bertz CT molecular complexity index is 812. The summed E-state index contributed by atoms with van der Waals surface area (Å²) in [6.07, 6.45) is -2.30. The molecular formula is C17H15ClF3N3O2. The van der Waals surface area contributed by atoms with E-state index < -0.39 is 18.6 Å². The first-order valence-corrected chi connectivity index (χ1v) is 8.26. The third-order valence-electron chi connectivity index (χ3n) is 4.15. The fourth-order valence-electron chi connectivity index (χ4n) is 2.97. The van der Waals surface area contributed by atoms with Crippen LogP contribution in [0.25, 0.3) is 0 Å². The summed E-state index contributed by atoms with van der Waals surface area (Å²) in [6, 6.07) is 4.46. The van der Waals surface area contributed by atoms with Gasteiger partial charge >= 0.3 is 12.2 Å². The highest BCUT2D eigenvalue weighted by molar-refractivity contribution is 6.30. The summed E-state index contributed by atoms with van der Waals surface area (Å²) in [5, 5.41) is 0.343. The minimum absolute atomic E-state index is 0.0406. The molecule has 0 radical (unpaired) electrons. The quantitative estimate of drug-likeness (QED) is 0.743. The van der Waals surface area contributed by atoms with Crippen molar-refractivity contribution < 1.29 is 22.7 Å². The number of hydrogen-bond acceptors (Lipinski definition) is 4. The number of aromatic nitrogens is 2. The molecule has 0 N–H and O–H groups in total. The summed E-state index contributed by atoms with van der Waals surface area (Å²) in [5.74, 6) is 0.0963. The number of fused-ring (bicyclic) bond motifs is 1. The maximum Gasteiger partial charge on any atom is 0.389 e. The van der Waals surface area contributed by atoms with E-state index in [-0.39, 0.29) is 24.8 Å². The van der Waals surface area contributed by atoms with E-state index in [0.717, 1.165) is 0 Å². The summed E-state index contributed by atoms with van der Waals surface area (Å²) in [5.41, 5.74) is 0.969. The lowest BCUT2D eigenvalue weighted by molar-refractivity contribution is -0.136. The molecule has 0 bridgehead atoms. The van der Waals surface area contributed by atoms with Gasteiger partial charge in [0.05, 0.1) is 23.5 Å².